The van der Waals surface area contributed by atoms with Crippen molar-refractivity contribution in [3.05, 3.63) is 36.0 Å². The Hall–Kier alpha value is -1.36. The van der Waals surface area contributed by atoms with Crippen LogP contribution in [0.2, 0.25) is 0 Å². The van der Waals surface area contributed by atoms with Crippen LogP contribution in [0, 0.1) is 0 Å². The fourth-order valence-corrected chi connectivity index (χ4v) is 2.70. The third-order valence-corrected chi connectivity index (χ3v) is 3.88. The lowest BCUT2D eigenvalue weighted by Gasteiger charge is -2.26. The first-order valence-electron chi connectivity index (χ1n) is 7.49. The van der Waals surface area contributed by atoms with E-state index in [0.717, 1.165) is 39.4 Å². The summed E-state index contributed by atoms with van der Waals surface area (Å²) in [6.45, 7) is 7.16. The largest absolute Gasteiger partial charge is 0.379 e. The van der Waals surface area contributed by atoms with Crippen molar-refractivity contribution in [2.75, 3.05) is 39.4 Å². The zero-order chi connectivity index (χ0) is 13.6. The number of nitrogens with one attached hydrogen (secondary N) is 2. The van der Waals surface area contributed by atoms with Crippen LogP contribution in [-0.4, -0.2) is 49.3 Å². The predicted molar refractivity (Wildman–Crippen MR) is 81.9 cm³/mol. The third-order valence-electron chi connectivity index (χ3n) is 3.88. The summed E-state index contributed by atoms with van der Waals surface area (Å²) in [6, 6.07) is 8.71. The van der Waals surface area contributed by atoms with Crippen molar-refractivity contribution in [2.45, 2.75) is 13.0 Å². The highest BCUT2D eigenvalue weighted by Crippen LogP contribution is 2.13. The SMILES string of the molecule is c1cc2cc(CNCCCN3CCOCC3)ccc2[nH]1. The van der Waals surface area contributed by atoms with Crippen molar-refractivity contribution < 1.29 is 4.74 Å². The smallest absolute Gasteiger partial charge is 0.0594 e. The van der Waals surface area contributed by atoms with Crippen LogP contribution in [0.15, 0.2) is 30.5 Å². The topological polar surface area (TPSA) is 40.3 Å². The Kier molecular flexibility index (Phi) is 4.69. The molecule has 108 valence electrons. The predicted octanol–water partition coefficient (Wildman–Crippen LogP) is 1.98. The van der Waals surface area contributed by atoms with E-state index in [4.69, 9.17) is 4.74 Å². The summed E-state index contributed by atoms with van der Waals surface area (Å²) >= 11 is 0. The van der Waals surface area contributed by atoms with Gasteiger partial charge in [-0.05, 0) is 48.7 Å². The van der Waals surface area contributed by atoms with Gasteiger partial charge in [0, 0.05) is 31.3 Å². The Labute approximate surface area is 120 Å². The van der Waals surface area contributed by atoms with E-state index in [1.54, 1.807) is 0 Å². The Bertz CT molecular complexity index is 531. The second-order valence-corrected chi connectivity index (χ2v) is 5.38. The lowest BCUT2D eigenvalue weighted by atomic mass is 10.1. The van der Waals surface area contributed by atoms with Crippen molar-refractivity contribution in [3.63, 3.8) is 0 Å². The summed E-state index contributed by atoms with van der Waals surface area (Å²) in [4.78, 5) is 5.71. The maximum atomic E-state index is 5.35. The number of nitrogens with zero attached hydrogens (tertiary/aromatic N) is 1. The second kappa shape index (κ2) is 6.88. The van der Waals surface area contributed by atoms with Gasteiger partial charge in [0.2, 0.25) is 0 Å². The van der Waals surface area contributed by atoms with E-state index in [-0.39, 0.29) is 0 Å². The summed E-state index contributed by atoms with van der Waals surface area (Å²) in [5.74, 6) is 0. The molecular weight excluding hydrogens is 250 g/mol. The van der Waals surface area contributed by atoms with Gasteiger partial charge in [0.15, 0.2) is 0 Å². The van der Waals surface area contributed by atoms with E-state index in [2.05, 4.69) is 39.5 Å². The molecule has 1 aromatic carbocycles. The van der Waals surface area contributed by atoms with Crippen LogP contribution in [0.1, 0.15) is 12.0 Å². The molecule has 0 amide bonds. The molecule has 4 nitrogen and oxygen atoms in total. The molecule has 20 heavy (non-hydrogen) atoms. The van der Waals surface area contributed by atoms with Crippen molar-refractivity contribution in [1.29, 1.82) is 0 Å². The van der Waals surface area contributed by atoms with Gasteiger partial charge in [-0.25, -0.2) is 0 Å². The van der Waals surface area contributed by atoms with Gasteiger partial charge in [-0.15, -0.1) is 0 Å². The van der Waals surface area contributed by atoms with Crippen LogP contribution in [0.3, 0.4) is 0 Å². The highest BCUT2D eigenvalue weighted by molar-refractivity contribution is 5.79. The molecule has 0 atom stereocenters. The van der Waals surface area contributed by atoms with Crippen molar-refractivity contribution in [2.24, 2.45) is 0 Å². The van der Waals surface area contributed by atoms with E-state index < -0.39 is 0 Å². The summed E-state index contributed by atoms with van der Waals surface area (Å²) < 4.78 is 5.35. The number of hydrogen-bond acceptors (Lipinski definition) is 3. The molecule has 0 aliphatic carbocycles. The van der Waals surface area contributed by atoms with Gasteiger partial charge in [-0.1, -0.05) is 6.07 Å². The minimum absolute atomic E-state index is 0.893. The highest BCUT2D eigenvalue weighted by Gasteiger charge is 2.08. The van der Waals surface area contributed by atoms with E-state index in [1.165, 1.54) is 29.4 Å². The minimum Gasteiger partial charge on any atom is -0.379 e. The second-order valence-electron chi connectivity index (χ2n) is 5.38. The molecule has 2 N–H and O–H groups in total. The van der Waals surface area contributed by atoms with Crippen molar-refractivity contribution in [3.8, 4) is 0 Å². The van der Waals surface area contributed by atoms with E-state index >= 15 is 0 Å². The van der Waals surface area contributed by atoms with Gasteiger partial charge in [0.25, 0.3) is 0 Å². The van der Waals surface area contributed by atoms with Gasteiger partial charge in [0.05, 0.1) is 13.2 Å². The number of rotatable bonds is 6. The number of hydrogen-bond donors (Lipinski definition) is 2. The Morgan fingerprint density at radius 3 is 3.00 bits per heavy atom. The van der Waals surface area contributed by atoms with Crippen molar-refractivity contribution >= 4 is 10.9 Å². The lowest BCUT2D eigenvalue weighted by molar-refractivity contribution is 0.0374. The summed E-state index contributed by atoms with van der Waals surface area (Å²) in [5, 5.41) is 4.82. The average molecular weight is 273 g/mol. The molecule has 1 aliphatic heterocycles. The Morgan fingerprint density at radius 2 is 2.10 bits per heavy atom. The monoisotopic (exact) mass is 273 g/mol. The molecule has 4 heteroatoms. The third kappa shape index (κ3) is 3.60. The molecule has 0 bridgehead atoms. The standard InChI is InChI=1S/C16H23N3O/c1(7-19-8-10-20-11-9-19)5-17-13-14-2-3-16-15(12-14)4-6-18-16/h2-4,6,12,17-18H,1,5,7-11,13H2. The Balaban J connectivity index is 1.36. The number of fused-ring (bicyclic) bond motifs is 1. The lowest BCUT2D eigenvalue weighted by Crippen LogP contribution is -2.37. The first-order valence-corrected chi connectivity index (χ1v) is 7.49. The molecule has 1 fully saturated rings. The highest BCUT2D eigenvalue weighted by atomic mass is 16.5. The number of aromatic nitrogens is 1. The number of H-pyrrole nitrogens is 1. The average Bonchev–Trinajstić information content (AvgIpc) is 2.95. The molecule has 0 saturated carbocycles. The summed E-state index contributed by atoms with van der Waals surface area (Å²) in [7, 11) is 0. The minimum atomic E-state index is 0.893. The van der Waals surface area contributed by atoms with Gasteiger partial charge in [-0.3, -0.25) is 4.90 Å². The van der Waals surface area contributed by atoms with Crippen LogP contribution in [0.5, 0.6) is 0 Å². The molecule has 2 heterocycles. The van der Waals surface area contributed by atoms with E-state index in [1.807, 2.05) is 6.20 Å². The molecule has 1 aliphatic rings. The van der Waals surface area contributed by atoms with Gasteiger partial charge < -0.3 is 15.0 Å². The van der Waals surface area contributed by atoms with Crippen LogP contribution in [0.25, 0.3) is 10.9 Å². The quantitative estimate of drug-likeness (QED) is 0.791. The molecular formula is C16H23N3O. The number of morpholine rings is 1. The maximum absolute atomic E-state index is 5.35. The zero-order valence-corrected chi connectivity index (χ0v) is 11.9. The number of ether oxygens (including phenoxy) is 1. The normalized spacial score (nSPS) is 16.8. The zero-order valence-electron chi connectivity index (χ0n) is 11.9. The molecule has 0 spiro atoms. The van der Waals surface area contributed by atoms with Gasteiger partial charge in [0.1, 0.15) is 0 Å². The summed E-state index contributed by atoms with van der Waals surface area (Å²) in [6.07, 6.45) is 3.19. The van der Waals surface area contributed by atoms with E-state index in [0.29, 0.717) is 0 Å². The van der Waals surface area contributed by atoms with Crippen LogP contribution in [0.4, 0.5) is 0 Å². The van der Waals surface area contributed by atoms with Crippen LogP contribution >= 0.6 is 0 Å². The van der Waals surface area contributed by atoms with Crippen LogP contribution < -0.4 is 5.32 Å². The van der Waals surface area contributed by atoms with Gasteiger partial charge >= 0.3 is 0 Å². The number of aromatic amines is 1. The molecule has 1 aromatic heterocycles. The molecule has 3 rings (SSSR count). The molecule has 2 aromatic rings. The van der Waals surface area contributed by atoms with E-state index in [9.17, 15) is 0 Å². The molecule has 0 unspecified atom stereocenters. The van der Waals surface area contributed by atoms with Gasteiger partial charge in [-0.2, -0.15) is 0 Å². The fraction of sp³-hybridized carbons (Fsp3) is 0.500. The molecule has 0 radical (unpaired) electrons. The fourth-order valence-electron chi connectivity index (χ4n) is 2.70. The first kappa shape index (κ1) is 13.6. The molecule has 1 saturated heterocycles. The van der Waals surface area contributed by atoms with Crippen molar-refractivity contribution in [1.82, 2.24) is 15.2 Å². The van der Waals surface area contributed by atoms with Crippen LogP contribution in [-0.2, 0) is 11.3 Å². The first-order chi connectivity index (χ1) is 9.92. The summed E-state index contributed by atoms with van der Waals surface area (Å²) in [5.41, 5.74) is 2.56. The Morgan fingerprint density at radius 1 is 1.20 bits per heavy atom. The number of benzene rings is 1. The maximum Gasteiger partial charge on any atom is 0.0594 e.